The molecule has 2 rings (SSSR count). The van der Waals surface area contributed by atoms with Crippen molar-refractivity contribution >= 4 is 0 Å². The van der Waals surface area contributed by atoms with Crippen LogP contribution in [0.2, 0.25) is 0 Å². The molecule has 0 radical (unpaired) electrons. The van der Waals surface area contributed by atoms with Gasteiger partial charge in [-0.15, -0.1) is 0 Å². The Kier molecular flexibility index (Phi) is 5.23. The van der Waals surface area contributed by atoms with E-state index < -0.39 is 0 Å². The largest absolute Gasteiger partial charge is 0.374 e. The summed E-state index contributed by atoms with van der Waals surface area (Å²) >= 11 is 0. The number of rotatable bonds is 4. The first-order valence-electron chi connectivity index (χ1n) is 7.77. The third-order valence-electron chi connectivity index (χ3n) is 5.21. The summed E-state index contributed by atoms with van der Waals surface area (Å²) in [5.41, 5.74) is 6.34. The highest BCUT2D eigenvalue weighted by atomic mass is 16.5. The van der Waals surface area contributed by atoms with Crippen molar-refractivity contribution in [3.63, 3.8) is 0 Å². The van der Waals surface area contributed by atoms with Gasteiger partial charge in [0, 0.05) is 31.7 Å². The monoisotopic (exact) mass is 269 g/mol. The summed E-state index contributed by atoms with van der Waals surface area (Å²) in [6.45, 7) is 7.11. The zero-order valence-electron chi connectivity index (χ0n) is 12.9. The zero-order valence-corrected chi connectivity index (χ0v) is 12.9. The van der Waals surface area contributed by atoms with Crippen molar-refractivity contribution in [2.75, 3.05) is 46.9 Å². The van der Waals surface area contributed by atoms with E-state index in [9.17, 15) is 0 Å². The molecular weight excluding hydrogens is 238 g/mol. The highest BCUT2D eigenvalue weighted by molar-refractivity contribution is 4.95. The number of morpholine rings is 1. The molecule has 112 valence electrons. The van der Waals surface area contributed by atoms with Crippen molar-refractivity contribution in [3.05, 3.63) is 0 Å². The SMILES string of the molecule is CC1CCC(CN)(N(C)CC2CN(C)CCO2)CC1. The second kappa shape index (κ2) is 6.53. The van der Waals surface area contributed by atoms with Crippen molar-refractivity contribution in [1.29, 1.82) is 0 Å². The molecule has 0 aromatic rings. The summed E-state index contributed by atoms with van der Waals surface area (Å²) in [6, 6.07) is 0. The van der Waals surface area contributed by atoms with Crippen molar-refractivity contribution < 1.29 is 4.74 Å². The van der Waals surface area contributed by atoms with Crippen LogP contribution in [0.5, 0.6) is 0 Å². The normalized spacial score (nSPS) is 37.7. The Morgan fingerprint density at radius 3 is 2.63 bits per heavy atom. The quantitative estimate of drug-likeness (QED) is 0.831. The van der Waals surface area contributed by atoms with E-state index in [1.807, 2.05) is 0 Å². The first-order chi connectivity index (χ1) is 9.05. The summed E-state index contributed by atoms with van der Waals surface area (Å²) < 4.78 is 5.90. The lowest BCUT2D eigenvalue weighted by atomic mass is 9.76. The first-order valence-corrected chi connectivity index (χ1v) is 7.77. The first kappa shape index (κ1) is 15.2. The lowest BCUT2D eigenvalue weighted by molar-refractivity contribution is -0.0537. The molecule has 4 nitrogen and oxygen atoms in total. The molecule has 1 aliphatic heterocycles. The molecule has 1 unspecified atom stereocenters. The second-order valence-corrected chi connectivity index (χ2v) is 6.75. The average molecular weight is 269 g/mol. The van der Waals surface area contributed by atoms with Gasteiger partial charge in [-0.3, -0.25) is 4.90 Å². The van der Waals surface area contributed by atoms with Gasteiger partial charge in [0.15, 0.2) is 0 Å². The van der Waals surface area contributed by atoms with Crippen molar-refractivity contribution in [2.45, 2.75) is 44.2 Å². The van der Waals surface area contributed by atoms with Crippen LogP contribution in [0.1, 0.15) is 32.6 Å². The van der Waals surface area contributed by atoms with Crippen LogP contribution in [0.3, 0.4) is 0 Å². The Balaban J connectivity index is 1.91. The fraction of sp³-hybridized carbons (Fsp3) is 1.00. The highest BCUT2D eigenvalue weighted by Gasteiger charge is 2.37. The molecule has 1 heterocycles. The molecule has 2 aliphatic rings. The topological polar surface area (TPSA) is 41.7 Å². The molecule has 0 spiro atoms. The number of hydrogen-bond acceptors (Lipinski definition) is 4. The maximum absolute atomic E-state index is 6.12. The molecule has 1 saturated carbocycles. The van der Waals surface area contributed by atoms with Gasteiger partial charge < -0.3 is 15.4 Å². The van der Waals surface area contributed by atoms with E-state index in [-0.39, 0.29) is 5.54 Å². The van der Waals surface area contributed by atoms with Crippen LogP contribution in [-0.4, -0.2) is 68.3 Å². The van der Waals surface area contributed by atoms with Crippen LogP contribution in [0.15, 0.2) is 0 Å². The second-order valence-electron chi connectivity index (χ2n) is 6.75. The Morgan fingerprint density at radius 2 is 2.05 bits per heavy atom. The molecule has 0 bridgehead atoms. The predicted molar refractivity (Wildman–Crippen MR) is 79.3 cm³/mol. The molecule has 0 amide bonds. The Morgan fingerprint density at radius 1 is 1.37 bits per heavy atom. The third-order valence-corrected chi connectivity index (χ3v) is 5.21. The van der Waals surface area contributed by atoms with Crippen LogP contribution in [-0.2, 0) is 4.74 Å². The molecule has 0 aromatic heterocycles. The fourth-order valence-corrected chi connectivity index (χ4v) is 3.52. The van der Waals surface area contributed by atoms with E-state index in [1.54, 1.807) is 0 Å². The summed E-state index contributed by atoms with van der Waals surface area (Å²) in [4.78, 5) is 4.85. The van der Waals surface area contributed by atoms with Crippen molar-refractivity contribution in [2.24, 2.45) is 11.7 Å². The van der Waals surface area contributed by atoms with Crippen LogP contribution >= 0.6 is 0 Å². The maximum atomic E-state index is 6.12. The smallest absolute Gasteiger partial charge is 0.0829 e. The van der Waals surface area contributed by atoms with Crippen molar-refractivity contribution in [3.8, 4) is 0 Å². The van der Waals surface area contributed by atoms with Crippen LogP contribution in [0.4, 0.5) is 0 Å². The van der Waals surface area contributed by atoms with Gasteiger partial charge in [0.25, 0.3) is 0 Å². The molecule has 2 N–H and O–H groups in total. The van der Waals surface area contributed by atoms with Gasteiger partial charge >= 0.3 is 0 Å². The zero-order chi connectivity index (χ0) is 13.9. The fourth-order valence-electron chi connectivity index (χ4n) is 3.52. The summed E-state index contributed by atoms with van der Waals surface area (Å²) in [6.07, 6.45) is 5.44. The lowest BCUT2D eigenvalue weighted by Gasteiger charge is -2.47. The molecule has 4 heteroatoms. The standard InChI is InChI=1S/C15H31N3O/c1-13-4-6-15(12-16,7-5-13)18(3)11-14-10-17(2)8-9-19-14/h13-14H,4-12,16H2,1-3H3. The number of nitrogens with two attached hydrogens (primary N) is 1. The van der Waals surface area contributed by atoms with E-state index in [1.165, 1.54) is 25.7 Å². The number of likely N-dealkylation sites (N-methyl/N-ethyl adjacent to an activating group) is 2. The lowest BCUT2D eigenvalue weighted by Crippen LogP contribution is -2.57. The molecule has 1 saturated heterocycles. The van der Waals surface area contributed by atoms with Crippen molar-refractivity contribution in [1.82, 2.24) is 9.80 Å². The molecule has 2 fully saturated rings. The van der Waals surface area contributed by atoms with Gasteiger partial charge in [0.1, 0.15) is 0 Å². The molecule has 0 aromatic carbocycles. The van der Waals surface area contributed by atoms with Gasteiger partial charge in [-0.05, 0) is 45.7 Å². The number of nitrogens with zero attached hydrogens (tertiary/aromatic N) is 2. The summed E-state index contributed by atoms with van der Waals surface area (Å²) in [7, 11) is 4.41. The van der Waals surface area contributed by atoms with Gasteiger partial charge in [-0.1, -0.05) is 6.92 Å². The molecule has 1 atom stereocenters. The number of hydrogen-bond donors (Lipinski definition) is 1. The van der Waals surface area contributed by atoms with E-state index in [4.69, 9.17) is 10.5 Å². The van der Waals surface area contributed by atoms with E-state index >= 15 is 0 Å². The van der Waals surface area contributed by atoms with Gasteiger partial charge in [-0.25, -0.2) is 0 Å². The minimum Gasteiger partial charge on any atom is -0.374 e. The predicted octanol–water partition coefficient (Wildman–Crippen LogP) is 1.16. The molecule has 19 heavy (non-hydrogen) atoms. The average Bonchev–Trinajstić information content (AvgIpc) is 2.40. The Bertz CT molecular complexity index is 277. The third kappa shape index (κ3) is 3.69. The van der Waals surface area contributed by atoms with Crippen LogP contribution in [0, 0.1) is 5.92 Å². The molecular formula is C15H31N3O. The van der Waals surface area contributed by atoms with Crippen LogP contribution < -0.4 is 5.73 Å². The minimum atomic E-state index is 0.214. The van der Waals surface area contributed by atoms with Crippen LogP contribution in [0.25, 0.3) is 0 Å². The van der Waals surface area contributed by atoms with E-state index in [0.717, 1.165) is 38.7 Å². The van der Waals surface area contributed by atoms with E-state index in [2.05, 4.69) is 30.8 Å². The maximum Gasteiger partial charge on any atom is 0.0829 e. The van der Waals surface area contributed by atoms with Gasteiger partial charge in [0.2, 0.25) is 0 Å². The number of ether oxygens (including phenoxy) is 1. The highest BCUT2D eigenvalue weighted by Crippen LogP contribution is 2.35. The summed E-state index contributed by atoms with van der Waals surface area (Å²) in [5, 5.41) is 0. The Labute approximate surface area is 118 Å². The molecule has 1 aliphatic carbocycles. The van der Waals surface area contributed by atoms with E-state index in [0.29, 0.717) is 6.10 Å². The Hall–Kier alpha value is -0.160. The summed E-state index contributed by atoms with van der Waals surface area (Å²) in [5.74, 6) is 0.866. The minimum absolute atomic E-state index is 0.214. The van der Waals surface area contributed by atoms with Gasteiger partial charge in [0.05, 0.1) is 12.7 Å². The van der Waals surface area contributed by atoms with Gasteiger partial charge in [-0.2, -0.15) is 0 Å².